The molecule has 5 nitrogen and oxygen atoms in total. The molecule has 1 unspecified atom stereocenters. The van der Waals surface area contributed by atoms with E-state index in [0.29, 0.717) is 6.42 Å². The Morgan fingerprint density at radius 3 is 2.20 bits per heavy atom. The molecule has 0 fully saturated rings. The number of carbonyl (C=O) groups is 1. The zero-order valence-electron chi connectivity index (χ0n) is 12.8. The highest BCUT2D eigenvalue weighted by atomic mass is 31.2. The van der Waals surface area contributed by atoms with Gasteiger partial charge < -0.3 is 0 Å². The van der Waals surface area contributed by atoms with Crippen molar-refractivity contribution in [1.29, 1.82) is 0 Å². The van der Waals surface area contributed by atoms with E-state index in [0.717, 1.165) is 19.3 Å². The first-order chi connectivity index (χ1) is 9.47. The van der Waals surface area contributed by atoms with Crippen LogP contribution in [-0.2, 0) is 22.9 Å². The van der Waals surface area contributed by atoms with Crippen molar-refractivity contribution in [3.8, 4) is 11.8 Å². The topological polar surface area (TPSA) is 61.8 Å². The summed E-state index contributed by atoms with van der Waals surface area (Å²) in [6, 6.07) is 0. The van der Waals surface area contributed by atoms with E-state index in [-0.39, 0.29) is 19.0 Å². The van der Waals surface area contributed by atoms with Crippen molar-refractivity contribution in [3.63, 3.8) is 0 Å². The molecule has 0 aliphatic rings. The third-order valence-corrected chi connectivity index (χ3v) is 3.97. The van der Waals surface area contributed by atoms with Crippen molar-refractivity contribution in [2.75, 3.05) is 13.2 Å². The summed E-state index contributed by atoms with van der Waals surface area (Å²) in [6.45, 7) is 7.33. The largest absolute Gasteiger partial charge is 0.475 e. The second-order valence-electron chi connectivity index (χ2n) is 4.20. The van der Waals surface area contributed by atoms with Crippen LogP contribution in [0.25, 0.3) is 0 Å². The Hall–Kier alpha value is -0.660. The first-order valence-electron chi connectivity index (χ1n) is 7.07. The minimum Gasteiger partial charge on any atom is -0.287 e. The maximum absolute atomic E-state index is 12.3. The van der Waals surface area contributed by atoms with Gasteiger partial charge in [-0.15, -0.1) is 0 Å². The maximum Gasteiger partial charge on any atom is 0.475 e. The molecule has 0 radical (unpaired) electrons. The molecule has 0 aromatic rings. The van der Waals surface area contributed by atoms with Crippen LogP contribution < -0.4 is 0 Å². The fraction of sp³-hybridized carbons (Fsp3) is 0.786. The molecular formula is C14H25O5P. The Morgan fingerprint density at radius 1 is 1.15 bits per heavy atom. The number of phosphoric ester groups is 1. The second-order valence-corrected chi connectivity index (χ2v) is 5.82. The zero-order valence-corrected chi connectivity index (χ0v) is 13.7. The number of Topliss-reactive ketones (excluding diaryl/α,β-unsaturated/α-hetero) is 1. The van der Waals surface area contributed by atoms with Crippen molar-refractivity contribution in [1.82, 2.24) is 0 Å². The van der Waals surface area contributed by atoms with E-state index in [2.05, 4.69) is 18.8 Å². The lowest BCUT2D eigenvalue weighted by Crippen LogP contribution is -2.12. The van der Waals surface area contributed by atoms with Crippen LogP contribution in [-0.4, -0.2) is 25.1 Å². The minimum absolute atomic E-state index is 0.221. The van der Waals surface area contributed by atoms with Gasteiger partial charge in [-0.1, -0.05) is 25.7 Å². The number of rotatable bonds is 10. The molecule has 0 rings (SSSR count). The van der Waals surface area contributed by atoms with Gasteiger partial charge in [0.2, 0.25) is 5.78 Å². The van der Waals surface area contributed by atoms with Gasteiger partial charge in [0.25, 0.3) is 0 Å². The van der Waals surface area contributed by atoms with Gasteiger partial charge in [-0.05, 0) is 32.6 Å². The molecule has 0 saturated carbocycles. The Balaban J connectivity index is 4.78. The highest BCUT2D eigenvalue weighted by molar-refractivity contribution is 7.48. The highest BCUT2D eigenvalue weighted by Crippen LogP contribution is 2.50. The Labute approximate surface area is 122 Å². The SMILES string of the molecule is CCCCCC(C#CC(C)=O)OP(=O)(OCC)OCC. The summed E-state index contributed by atoms with van der Waals surface area (Å²) in [5.41, 5.74) is 0. The van der Waals surface area contributed by atoms with Crippen LogP contribution in [0.4, 0.5) is 0 Å². The van der Waals surface area contributed by atoms with Crippen LogP contribution in [0.3, 0.4) is 0 Å². The lowest BCUT2D eigenvalue weighted by molar-refractivity contribution is -0.111. The van der Waals surface area contributed by atoms with E-state index < -0.39 is 13.9 Å². The van der Waals surface area contributed by atoms with Gasteiger partial charge in [0.15, 0.2) is 0 Å². The number of unbranched alkanes of at least 4 members (excludes halogenated alkanes) is 2. The molecule has 0 saturated heterocycles. The van der Waals surface area contributed by atoms with E-state index in [4.69, 9.17) is 13.6 Å². The zero-order chi connectivity index (χ0) is 15.4. The van der Waals surface area contributed by atoms with Crippen molar-refractivity contribution < 1.29 is 22.9 Å². The number of carbonyl (C=O) groups excluding carboxylic acids is 1. The van der Waals surface area contributed by atoms with Gasteiger partial charge in [0.1, 0.15) is 6.10 Å². The molecule has 0 aromatic carbocycles. The predicted molar refractivity (Wildman–Crippen MR) is 78.3 cm³/mol. The summed E-state index contributed by atoms with van der Waals surface area (Å²) in [5.74, 6) is 4.88. The summed E-state index contributed by atoms with van der Waals surface area (Å²) in [7, 11) is -3.60. The molecule has 0 heterocycles. The van der Waals surface area contributed by atoms with Gasteiger partial charge >= 0.3 is 7.82 Å². The minimum atomic E-state index is -3.60. The van der Waals surface area contributed by atoms with Crippen molar-refractivity contribution >= 4 is 13.6 Å². The quantitative estimate of drug-likeness (QED) is 0.266. The normalized spacial score (nSPS) is 12.6. The van der Waals surface area contributed by atoms with Crippen LogP contribution in [0.2, 0.25) is 0 Å². The summed E-state index contributed by atoms with van der Waals surface area (Å²) in [4.78, 5) is 10.9. The molecule has 0 aliphatic heterocycles. The third kappa shape index (κ3) is 9.28. The van der Waals surface area contributed by atoms with Crippen molar-refractivity contribution in [2.45, 2.75) is 59.5 Å². The number of hydrogen-bond acceptors (Lipinski definition) is 5. The van der Waals surface area contributed by atoms with Gasteiger partial charge in [-0.2, -0.15) is 0 Å². The maximum atomic E-state index is 12.3. The fourth-order valence-electron chi connectivity index (χ4n) is 1.48. The average Bonchev–Trinajstić information content (AvgIpc) is 2.36. The number of phosphoric acid groups is 1. The fourth-order valence-corrected chi connectivity index (χ4v) is 2.78. The van der Waals surface area contributed by atoms with E-state index in [1.54, 1.807) is 13.8 Å². The van der Waals surface area contributed by atoms with Crippen molar-refractivity contribution in [3.05, 3.63) is 0 Å². The van der Waals surface area contributed by atoms with E-state index in [1.807, 2.05) is 0 Å². The standard InChI is InChI=1S/C14H25O5P/c1-5-8-9-10-14(12-11-13(4)15)19-20(16,17-6-2)18-7-3/h14H,5-10H2,1-4H3. The summed E-state index contributed by atoms with van der Waals surface area (Å²) < 4.78 is 27.8. The van der Waals surface area contributed by atoms with Gasteiger partial charge in [-0.25, -0.2) is 4.57 Å². The van der Waals surface area contributed by atoms with Crippen molar-refractivity contribution in [2.24, 2.45) is 0 Å². The van der Waals surface area contributed by atoms with Gasteiger partial charge in [0.05, 0.1) is 13.2 Å². The molecule has 6 heteroatoms. The summed E-state index contributed by atoms with van der Waals surface area (Å²) in [6.07, 6.45) is 2.94. The first kappa shape index (κ1) is 19.3. The van der Waals surface area contributed by atoms with E-state index in [1.165, 1.54) is 6.92 Å². The molecular weight excluding hydrogens is 279 g/mol. The molecule has 0 aliphatic carbocycles. The van der Waals surface area contributed by atoms with E-state index >= 15 is 0 Å². The lowest BCUT2D eigenvalue weighted by atomic mass is 10.1. The molecule has 0 N–H and O–H groups in total. The lowest BCUT2D eigenvalue weighted by Gasteiger charge is -2.20. The molecule has 20 heavy (non-hydrogen) atoms. The van der Waals surface area contributed by atoms with Crippen LogP contribution in [0.1, 0.15) is 53.4 Å². The average molecular weight is 304 g/mol. The van der Waals surface area contributed by atoms with Crippen LogP contribution >= 0.6 is 7.82 Å². The van der Waals surface area contributed by atoms with E-state index in [9.17, 15) is 9.36 Å². The van der Waals surface area contributed by atoms with Crippen LogP contribution in [0.15, 0.2) is 0 Å². The molecule has 0 aromatic heterocycles. The number of hydrogen-bond donors (Lipinski definition) is 0. The Morgan fingerprint density at radius 2 is 1.75 bits per heavy atom. The smallest absolute Gasteiger partial charge is 0.287 e. The predicted octanol–water partition coefficient (Wildman–Crippen LogP) is 3.73. The summed E-state index contributed by atoms with van der Waals surface area (Å²) >= 11 is 0. The Bertz CT molecular complexity index is 373. The third-order valence-electron chi connectivity index (χ3n) is 2.31. The van der Waals surface area contributed by atoms with Gasteiger partial charge in [0, 0.05) is 6.92 Å². The molecule has 1 atom stereocenters. The molecule has 0 bridgehead atoms. The highest BCUT2D eigenvalue weighted by Gasteiger charge is 2.29. The molecule has 0 amide bonds. The molecule has 0 spiro atoms. The van der Waals surface area contributed by atoms with Crippen LogP contribution in [0, 0.1) is 11.8 Å². The summed E-state index contributed by atoms with van der Waals surface area (Å²) in [5, 5.41) is 0. The monoisotopic (exact) mass is 304 g/mol. The van der Waals surface area contributed by atoms with Crippen LogP contribution in [0.5, 0.6) is 0 Å². The van der Waals surface area contributed by atoms with Gasteiger partial charge in [-0.3, -0.25) is 18.4 Å². The Kier molecular flexibility index (Phi) is 10.7. The first-order valence-corrected chi connectivity index (χ1v) is 8.53. The molecule has 116 valence electrons. The second kappa shape index (κ2) is 11.0. The number of ketones is 1.